The Bertz CT molecular complexity index is 1160. The molecule has 0 bridgehead atoms. The summed E-state index contributed by atoms with van der Waals surface area (Å²) in [6.07, 6.45) is 0. The Morgan fingerprint density at radius 2 is 1.71 bits per heavy atom. The van der Waals surface area contributed by atoms with Crippen LogP contribution in [0.15, 0.2) is 84.0 Å². The fourth-order valence-electron chi connectivity index (χ4n) is 3.11. The second kappa shape index (κ2) is 9.49. The van der Waals surface area contributed by atoms with Gasteiger partial charge < -0.3 is 15.0 Å². The number of fused-ring (bicyclic) bond motifs is 1. The average molecular weight is 432 g/mol. The Kier molecular flexibility index (Phi) is 6.33. The van der Waals surface area contributed by atoms with Gasteiger partial charge in [-0.1, -0.05) is 54.2 Å². The molecule has 0 saturated heterocycles. The van der Waals surface area contributed by atoms with Crippen LogP contribution in [0.5, 0.6) is 0 Å². The number of carbonyl (C=O) groups is 2. The minimum absolute atomic E-state index is 0.180. The molecule has 0 aliphatic carbocycles. The van der Waals surface area contributed by atoms with Crippen LogP contribution in [0.4, 0.5) is 5.69 Å². The monoisotopic (exact) mass is 431 g/mol. The third-order valence-corrected chi connectivity index (χ3v) is 5.74. The van der Waals surface area contributed by atoms with Crippen LogP contribution >= 0.6 is 11.8 Å². The van der Waals surface area contributed by atoms with Gasteiger partial charge in [0.05, 0.1) is 23.2 Å². The number of amides is 1. The number of aromatic nitrogens is 2. The summed E-state index contributed by atoms with van der Waals surface area (Å²) in [4.78, 5) is 32.9. The molecule has 1 aromatic heterocycles. The number of esters is 1. The molecular weight excluding hydrogens is 410 g/mol. The lowest BCUT2D eigenvalue weighted by Crippen LogP contribution is -2.19. The molecule has 0 aliphatic rings. The largest absolute Gasteiger partial charge is 0.462 e. The van der Waals surface area contributed by atoms with E-state index in [0.29, 0.717) is 23.0 Å². The van der Waals surface area contributed by atoms with Crippen molar-refractivity contribution in [2.75, 3.05) is 11.9 Å². The Balaban J connectivity index is 1.55. The van der Waals surface area contributed by atoms with Crippen molar-refractivity contribution in [1.29, 1.82) is 0 Å². The van der Waals surface area contributed by atoms with E-state index in [1.807, 2.05) is 54.6 Å². The van der Waals surface area contributed by atoms with Crippen molar-refractivity contribution in [3.63, 3.8) is 0 Å². The standard InChI is InChI=1S/C24H21N3O3S/c1-2-30-23(29)17-12-14-18(15-13-17)25-22(28)21(16-8-4-3-5-9-16)31-24-26-19-10-6-7-11-20(19)27-24/h3-15,21H,2H2,1H3,(H,25,28)(H,26,27)/t21-/m1/s1. The van der Waals surface area contributed by atoms with Crippen LogP contribution in [0.2, 0.25) is 0 Å². The zero-order valence-electron chi connectivity index (χ0n) is 16.9. The van der Waals surface area contributed by atoms with E-state index < -0.39 is 5.25 Å². The molecule has 0 radical (unpaired) electrons. The van der Waals surface area contributed by atoms with E-state index in [0.717, 1.165) is 16.6 Å². The zero-order valence-corrected chi connectivity index (χ0v) is 17.7. The molecule has 0 fully saturated rings. The predicted molar refractivity (Wildman–Crippen MR) is 122 cm³/mol. The molecule has 2 N–H and O–H groups in total. The first-order valence-electron chi connectivity index (χ1n) is 9.88. The number of H-pyrrole nitrogens is 1. The number of aromatic amines is 1. The van der Waals surface area contributed by atoms with Gasteiger partial charge in [-0.2, -0.15) is 0 Å². The predicted octanol–water partition coefficient (Wildman–Crippen LogP) is 5.21. The van der Waals surface area contributed by atoms with Crippen LogP contribution < -0.4 is 5.32 Å². The summed E-state index contributed by atoms with van der Waals surface area (Å²) in [7, 11) is 0. The van der Waals surface area contributed by atoms with Crippen molar-refractivity contribution in [2.24, 2.45) is 0 Å². The number of ether oxygens (including phenoxy) is 1. The molecular formula is C24H21N3O3S. The summed E-state index contributed by atoms with van der Waals surface area (Å²) in [6.45, 7) is 2.07. The molecule has 31 heavy (non-hydrogen) atoms. The van der Waals surface area contributed by atoms with Crippen molar-refractivity contribution in [3.05, 3.63) is 90.0 Å². The van der Waals surface area contributed by atoms with Gasteiger partial charge in [0.2, 0.25) is 5.91 Å². The number of nitrogens with zero attached hydrogens (tertiary/aromatic N) is 1. The summed E-state index contributed by atoms with van der Waals surface area (Å²) in [5.41, 5.74) is 3.69. The quantitative estimate of drug-likeness (QED) is 0.310. The van der Waals surface area contributed by atoms with E-state index in [-0.39, 0.29) is 11.9 Å². The minimum Gasteiger partial charge on any atom is -0.462 e. The van der Waals surface area contributed by atoms with E-state index in [1.54, 1.807) is 31.2 Å². The summed E-state index contributed by atoms with van der Waals surface area (Å²) in [6, 6.07) is 24.0. The number of rotatable bonds is 7. The highest BCUT2D eigenvalue weighted by molar-refractivity contribution is 8.00. The van der Waals surface area contributed by atoms with Crippen molar-refractivity contribution < 1.29 is 14.3 Å². The van der Waals surface area contributed by atoms with Crippen molar-refractivity contribution >= 4 is 40.4 Å². The van der Waals surface area contributed by atoms with Gasteiger partial charge in [-0.15, -0.1) is 0 Å². The number of hydrogen-bond acceptors (Lipinski definition) is 5. The van der Waals surface area contributed by atoms with Gasteiger partial charge in [-0.25, -0.2) is 9.78 Å². The van der Waals surface area contributed by atoms with Gasteiger partial charge in [-0.05, 0) is 48.9 Å². The molecule has 3 aromatic carbocycles. The highest BCUT2D eigenvalue weighted by atomic mass is 32.2. The summed E-state index contributed by atoms with van der Waals surface area (Å²) < 4.78 is 5.00. The van der Waals surface area contributed by atoms with E-state index in [1.165, 1.54) is 11.8 Å². The van der Waals surface area contributed by atoms with Gasteiger partial charge in [0, 0.05) is 5.69 Å². The van der Waals surface area contributed by atoms with Crippen LogP contribution in [0.1, 0.15) is 28.1 Å². The normalized spacial score (nSPS) is 11.8. The molecule has 4 rings (SSSR count). The second-order valence-electron chi connectivity index (χ2n) is 6.75. The molecule has 0 spiro atoms. The molecule has 156 valence electrons. The number of thioether (sulfide) groups is 1. The fourth-order valence-corrected chi connectivity index (χ4v) is 4.11. The number of carbonyl (C=O) groups excluding carboxylic acids is 2. The highest BCUT2D eigenvalue weighted by Gasteiger charge is 2.24. The third-order valence-electron chi connectivity index (χ3n) is 4.60. The summed E-state index contributed by atoms with van der Waals surface area (Å²) in [5, 5.41) is 3.10. The Morgan fingerprint density at radius 1 is 1.00 bits per heavy atom. The first kappa shape index (κ1) is 20.7. The maximum atomic E-state index is 13.2. The summed E-state index contributed by atoms with van der Waals surface area (Å²) >= 11 is 1.36. The van der Waals surface area contributed by atoms with Crippen molar-refractivity contribution in [1.82, 2.24) is 9.97 Å². The number of hydrogen-bond donors (Lipinski definition) is 2. The molecule has 1 amide bonds. The van der Waals surface area contributed by atoms with E-state index >= 15 is 0 Å². The number of imidazole rings is 1. The molecule has 4 aromatic rings. The van der Waals surface area contributed by atoms with Crippen LogP contribution in [0, 0.1) is 0 Å². The van der Waals surface area contributed by atoms with Gasteiger partial charge in [0.25, 0.3) is 0 Å². The SMILES string of the molecule is CCOC(=O)c1ccc(NC(=O)[C@H](Sc2nc3ccccc3[nH]2)c2ccccc2)cc1. The second-order valence-corrected chi connectivity index (χ2v) is 7.85. The smallest absolute Gasteiger partial charge is 0.338 e. The molecule has 1 atom stereocenters. The first-order valence-corrected chi connectivity index (χ1v) is 10.8. The fraction of sp³-hybridized carbons (Fsp3) is 0.125. The Labute approximate surface area is 184 Å². The minimum atomic E-state index is -0.508. The lowest BCUT2D eigenvalue weighted by Gasteiger charge is -2.16. The lowest BCUT2D eigenvalue weighted by molar-refractivity contribution is -0.115. The van der Waals surface area contributed by atoms with E-state index in [2.05, 4.69) is 15.3 Å². The Hall–Kier alpha value is -3.58. The van der Waals surface area contributed by atoms with Gasteiger partial charge in [0.15, 0.2) is 5.16 Å². The third kappa shape index (κ3) is 4.95. The molecule has 7 heteroatoms. The molecule has 0 aliphatic heterocycles. The topological polar surface area (TPSA) is 84.1 Å². The molecule has 6 nitrogen and oxygen atoms in total. The Morgan fingerprint density at radius 3 is 2.42 bits per heavy atom. The van der Waals surface area contributed by atoms with Crippen LogP contribution in [0.25, 0.3) is 11.0 Å². The van der Waals surface area contributed by atoms with Gasteiger partial charge in [0.1, 0.15) is 5.25 Å². The van der Waals surface area contributed by atoms with Gasteiger partial charge in [-0.3, -0.25) is 4.79 Å². The highest BCUT2D eigenvalue weighted by Crippen LogP contribution is 2.35. The first-order chi connectivity index (χ1) is 15.1. The number of benzene rings is 3. The number of anilines is 1. The zero-order chi connectivity index (χ0) is 21.6. The average Bonchev–Trinajstić information content (AvgIpc) is 3.21. The molecule has 0 saturated carbocycles. The lowest BCUT2D eigenvalue weighted by atomic mass is 10.1. The van der Waals surface area contributed by atoms with Crippen LogP contribution in [-0.2, 0) is 9.53 Å². The number of para-hydroxylation sites is 2. The molecule has 0 unspecified atom stereocenters. The maximum absolute atomic E-state index is 13.2. The summed E-state index contributed by atoms with van der Waals surface area (Å²) in [5.74, 6) is -0.566. The van der Waals surface area contributed by atoms with Crippen molar-refractivity contribution in [2.45, 2.75) is 17.3 Å². The molecule has 1 heterocycles. The van der Waals surface area contributed by atoms with Gasteiger partial charge >= 0.3 is 5.97 Å². The number of nitrogens with one attached hydrogen (secondary N) is 2. The van der Waals surface area contributed by atoms with E-state index in [4.69, 9.17) is 4.74 Å². The van der Waals surface area contributed by atoms with Crippen molar-refractivity contribution in [3.8, 4) is 0 Å². The maximum Gasteiger partial charge on any atom is 0.338 e. The van der Waals surface area contributed by atoms with Crippen LogP contribution in [-0.4, -0.2) is 28.5 Å². The van der Waals surface area contributed by atoms with E-state index in [9.17, 15) is 9.59 Å². The van der Waals surface area contributed by atoms with Crippen LogP contribution in [0.3, 0.4) is 0 Å².